The Bertz CT molecular complexity index is 1060. The number of carbonyl (C=O) groups excluding carboxylic acids is 4. The Morgan fingerprint density at radius 3 is 2.55 bits per heavy atom. The molecule has 2 rings (SSSR count). The molecule has 0 spiro atoms. The smallest absolute Gasteiger partial charge is 0.731 e. The van der Waals surface area contributed by atoms with Crippen LogP contribution in [0.1, 0.15) is 19.5 Å². The minimum absolute atomic E-state index is 0. The summed E-state index contributed by atoms with van der Waals surface area (Å²) in [5.41, 5.74) is -0.506. The van der Waals surface area contributed by atoms with Crippen LogP contribution in [0.25, 0.3) is 0 Å². The molecule has 2 N–H and O–H groups in total. The van der Waals surface area contributed by atoms with Crippen molar-refractivity contribution in [2.45, 2.75) is 32.0 Å². The standard InChI is InChI=1S/C15H18ClN5O9S2.Na/c1-6(2)30-20-9(7-5-31-15(17-7)18-8(22)4-16)12(23)19-10-11(14(25)29-3)21(13(10)24)32(26,27)28;/h5-6,10-11H,4H2,1-3H3,(H,19,23)(H,17,18,22)(H,26,27,28);/q;+1/p-1/t10-,11-;/m1./s1. The molecule has 1 saturated heterocycles. The van der Waals surface area contributed by atoms with Gasteiger partial charge in [0.1, 0.15) is 23.7 Å². The van der Waals surface area contributed by atoms with Crippen LogP contribution < -0.4 is 40.2 Å². The van der Waals surface area contributed by atoms with Gasteiger partial charge in [0, 0.05) is 5.38 Å². The maximum Gasteiger partial charge on any atom is 1.00 e. The molecular weight excluding hydrogens is 517 g/mol. The SMILES string of the molecule is COC(=O)[C@H]1[C@@H](NC(=O)C(=NOC(C)C)c2csc(NC(=O)CCl)n2)C(=O)N1S(=O)(=O)[O-].[Na+]. The number of rotatable bonds is 9. The fourth-order valence-electron chi connectivity index (χ4n) is 2.37. The monoisotopic (exact) mass is 533 g/mol. The molecule has 1 fully saturated rings. The number of hydrogen-bond donors (Lipinski definition) is 2. The number of methoxy groups -OCH3 is 1. The van der Waals surface area contributed by atoms with Gasteiger partial charge in [0.15, 0.2) is 27.2 Å². The Morgan fingerprint density at radius 1 is 1.39 bits per heavy atom. The van der Waals surface area contributed by atoms with Crippen LogP contribution in [-0.2, 0) is 39.1 Å². The zero-order valence-corrected chi connectivity index (χ0v) is 22.1. The van der Waals surface area contributed by atoms with Crippen molar-refractivity contribution in [2.75, 3.05) is 18.3 Å². The van der Waals surface area contributed by atoms with Gasteiger partial charge < -0.3 is 24.8 Å². The summed E-state index contributed by atoms with van der Waals surface area (Å²) >= 11 is 6.35. The van der Waals surface area contributed by atoms with Crippen LogP contribution in [0, 0.1) is 0 Å². The van der Waals surface area contributed by atoms with Crippen LogP contribution in [0.15, 0.2) is 10.5 Å². The van der Waals surface area contributed by atoms with Crippen molar-refractivity contribution in [3.05, 3.63) is 11.1 Å². The second kappa shape index (κ2) is 12.0. The van der Waals surface area contributed by atoms with Gasteiger partial charge in [-0.05, 0) is 13.8 Å². The van der Waals surface area contributed by atoms with Crippen molar-refractivity contribution in [3.8, 4) is 0 Å². The topological polar surface area (TPSA) is 196 Å². The number of β-lactam (4-membered cyclic amide) rings is 1. The van der Waals surface area contributed by atoms with Crippen molar-refractivity contribution in [1.29, 1.82) is 0 Å². The first-order valence-electron chi connectivity index (χ1n) is 8.64. The number of esters is 1. The summed E-state index contributed by atoms with van der Waals surface area (Å²) in [5.74, 6) is -4.51. The number of nitrogens with one attached hydrogen (secondary N) is 2. The van der Waals surface area contributed by atoms with E-state index in [4.69, 9.17) is 16.4 Å². The second-order valence-corrected chi connectivity index (χ2v) is 8.70. The van der Waals surface area contributed by atoms with Gasteiger partial charge in [-0.1, -0.05) is 5.16 Å². The van der Waals surface area contributed by atoms with Crippen LogP contribution >= 0.6 is 22.9 Å². The molecule has 0 aliphatic carbocycles. The minimum atomic E-state index is -5.33. The first kappa shape index (κ1) is 29.2. The molecule has 2 heterocycles. The summed E-state index contributed by atoms with van der Waals surface area (Å²) in [4.78, 5) is 57.3. The van der Waals surface area contributed by atoms with Gasteiger partial charge in [0.2, 0.25) is 5.91 Å². The van der Waals surface area contributed by atoms with E-state index in [2.05, 4.69) is 25.5 Å². The van der Waals surface area contributed by atoms with E-state index in [1.165, 1.54) is 5.38 Å². The number of hydrogen-bond acceptors (Lipinski definition) is 12. The van der Waals surface area contributed by atoms with E-state index in [1.54, 1.807) is 13.8 Å². The number of oxime groups is 1. The van der Waals surface area contributed by atoms with Crippen LogP contribution in [0.2, 0.25) is 0 Å². The number of ether oxygens (including phenoxy) is 1. The van der Waals surface area contributed by atoms with Gasteiger partial charge in [0.05, 0.1) is 7.11 Å². The van der Waals surface area contributed by atoms with Gasteiger partial charge in [-0.25, -0.2) is 22.5 Å². The van der Waals surface area contributed by atoms with E-state index < -0.39 is 57.9 Å². The molecule has 0 aromatic carbocycles. The predicted octanol–water partition coefficient (Wildman–Crippen LogP) is -4.22. The third-order valence-corrected chi connectivity index (χ3v) is 5.60. The van der Waals surface area contributed by atoms with Crippen molar-refractivity contribution in [2.24, 2.45) is 5.16 Å². The number of carbonyl (C=O) groups is 4. The summed E-state index contributed by atoms with van der Waals surface area (Å²) in [6.07, 6.45) is -0.457. The van der Waals surface area contributed by atoms with Gasteiger partial charge in [-0.3, -0.25) is 14.4 Å². The maximum atomic E-state index is 12.8. The third-order valence-electron chi connectivity index (χ3n) is 3.71. The molecule has 1 aromatic rings. The van der Waals surface area contributed by atoms with Gasteiger partial charge in [0.25, 0.3) is 11.8 Å². The fraction of sp³-hybridized carbons (Fsp3) is 0.467. The van der Waals surface area contributed by atoms with Gasteiger partial charge >= 0.3 is 35.5 Å². The van der Waals surface area contributed by atoms with Crippen molar-refractivity contribution >= 4 is 67.8 Å². The Balaban J connectivity index is 0.00000544. The molecule has 2 atom stereocenters. The molecule has 0 bridgehead atoms. The molecule has 1 aromatic heterocycles. The third kappa shape index (κ3) is 7.08. The van der Waals surface area contributed by atoms with Crippen molar-refractivity contribution < 1.29 is 71.3 Å². The normalized spacial score (nSPS) is 18.2. The zero-order chi connectivity index (χ0) is 24.2. The molecule has 176 valence electrons. The zero-order valence-electron chi connectivity index (χ0n) is 17.7. The molecule has 18 heteroatoms. The Hall–Kier alpha value is -1.82. The number of halogens is 1. The molecule has 1 aliphatic rings. The summed E-state index contributed by atoms with van der Waals surface area (Å²) in [6.45, 7) is 3.23. The largest absolute Gasteiger partial charge is 1.00 e. The molecule has 14 nitrogen and oxygen atoms in total. The van der Waals surface area contributed by atoms with Gasteiger partial charge in [-0.2, -0.15) is 0 Å². The Morgan fingerprint density at radius 2 is 2.03 bits per heavy atom. The van der Waals surface area contributed by atoms with E-state index in [0.29, 0.717) is 0 Å². The number of amides is 3. The van der Waals surface area contributed by atoms with Crippen LogP contribution in [0.5, 0.6) is 0 Å². The van der Waals surface area contributed by atoms with Crippen LogP contribution in [-0.4, -0.2) is 82.8 Å². The summed E-state index contributed by atoms with van der Waals surface area (Å²) in [7, 11) is -4.42. The van der Waals surface area contributed by atoms with Crippen molar-refractivity contribution in [3.63, 3.8) is 0 Å². The van der Waals surface area contributed by atoms with Gasteiger partial charge in [-0.15, -0.1) is 22.9 Å². The summed E-state index contributed by atoms with van der Waals surface area (Å²) in [5, 5.41) is 9.63. The number of anilines is 1. The summed E-state index contributed by atoms with van der Waals surface area (Å²) < 4.78 is 38.0. The average Bonchev–Trinajstić information content (AvgIpc) is 3.15. The number of alkyl halides is 1. The number of thiazole rings is 1. The van der Waals surface area contributed by atoms with E-state index in [1.807, 2.05) is 0 Å². The average molecular weight is 534 g/mol. The van der Waals surface area contributed by atoms with E-state index >= 15 is 0 Å². The first-order valence-corrected chi connectivity index (χ1v) is 11.4. The van der Waals surface area contributed by atoms with E-state index in [0.717, 1.165) is 18.4 Å². The molecule has 0 saturated carbocycles. The summed E-state index contributed by atoms with van der Waals surface area (Å²) in [6, 6.07) is -3.60. The second-order valence-electron chi connectivity index (χ2n) is 6.32. The Labute approximate surface area is 219 Å². The Kier molecular flexibility index (Phi) is 10.7. The minimum Gasteiger partial charge on any atom is -0.731 e. The molecule has 3 amide bonds. The van der Waals surface area contributed by atoms with Crippen LogP contribution in [0.3, 0.4) is 0 Å². The molecule has 1 aliphatic heterocycles. The van der Waals surface area contributed by atoms with Crippen molar-refractivity contribution in [1.82, 2.24) is 14.6 Å². The quantitative estimate of drug-likeness (QED) is 0.0596. The first-order chi connectivity index (χ1) is 14.9. The van der Waals surface area contributed by atoms with E-state index in [9.17, 15) is 32.1 Å². The molecule has 0 radical (unpaired) electrons. The molecule has 0 unspecified atom stereocenters. The number of nitrogens with zero attached hydrogens (tertiary/aromatic N) is 3. The van der Waals surface area contributed by atoms with E-state index in [-0.39, 0.29) is 50.6 Å². The molecular formula is C15H17ClN5NaO9S2. The maximum absolute atomic E-state index is 12.8. The number of aromatic nitrogens is 1. The predicted molar refractivity (Wildman–Crippen MR) is 108 cm³/mol. The fourth-order valence-corrected chi connectivity index (χ4v) is 3.97. The molecule has 33 heavy (non-hydrogen) atoms. The van der Waals surface area contributed by atoms with Crippen LogP contribution in [0.4, 0.5) is 5.13 Å².